The van der Waals surface area contributed by atoms with Gasteiger partial charge in [0, 0.05) is 38.9 Å². The standard InChI is InChI=1S/C14H24N2O3/c1-11(17)15-8-5-13(18)16-9-7-14(19)6-3-2-4-12(14)10-16/h12,19H,2-10H2,1H3,(H,15,17). The number of carbonyl (C=O) groups excluding carboxylic acids is 2. The predicted octanol–water partition coefficient (Wildman–Crippen LogP) is 0.666. The van der Waals surface area contributed by atoms with E-state index in [0.29, 0.717) is 32.5 Å². The van der Waals surface area contributed by atoms with E-state index in [9.17, 15) is 14.7 Å². The van der Waals surface area contributed by atoms with Crippen LogP contribution in [0.1, 0.15) is 45.4 Å². The Morgan fingerprint density at radius 3 is 2.89 bits per heavy atom. The maximum Gasteiger partial charge on any atom is 0.224 e. The summed E-state index contributed by atoms with van der Waals surface area (Å²) in [6, 6.07) is 0. The van der Waals surface area contributed by atoms with Crippen LogP contribution in [0.4, 0.5) is 0 Å². The van der Waals surface area contributed by atoms with E-state index in [4.69, 9.17) is 0 Å². The Bertz CT molecular complexity index is 359. The van der Waals surface area contributed by atoms with E-state index in [1.165, 1.54) is 6.92 Å². The van der Waals surface area contributed by atoms with Gasteiger partial charge in [-0.05, 0) is 19.3 Å². The summed E-state index contributed by atoms with van der Waals surface area (Å²) in [7, 11) is 0. The molecule has 19 heavy (non-hydrogen) atoms. The highest BCUT2D eigenvalue weighted by atomic mass is 16.3. The molecule has 5 heteroatoms. The first-order valence-electron chi connectivity index (χ1n) is 7.26. The molecule has 0 bridgehead atoms. The second-order valence-electron chi connectivity index (χ2n) is 5.87. The zero-order valence-electron chi connectivity index (χ0n) is 11.7. The normalized spacial score (nSPS) is 30.6. The van der Waals surface area contributed by atoms with Crippen LogP contribution >= 0.6 is 0 Å². The quantitative estimate of drug-likeness (QED) is 0.790. The molecule has 1 saturated heterocycles. The topological polar surface area (TPSA) is 69.6 Å². The lowest BCUT2D eigenvalue weighted by Crippen LogP contribution is -2.54. The van der Waals surface area contributed by atoms with Crippen molar-refractivity contribution in [2.45, 2.75) is 51.0 Å². The van der Waals surface area contributed by atoms with Crippen molar-refractivity contribution in [3.63, 3.8) is 0 Å². The Kier molecular flexibility index (Phi) is 4.45. The Balaban J connectivity index is 1.83. The van der Waals surface area contributed by atoms with E-state index in [-0.39, 0.29) is 17.7 Å². The van der Waals surface area contributed by atoms with Crippen molar-refractivity contribution >= 4 is 11.8 Å². The molecule has 1 aliphatic carbocycles. The van der Waals surface area contributed by atoms with E-state index in [1.54, 1.807) is 0 Å². The van der Waals surface area contributed by atoms with E-state index in [1.807, 2.05) is 4.90 Å². The highest BCUT2D eigenvalue weighted by Crippen LogP contribution is 2.39. The van der Waals surface area contributed by atoms with E-state index in [2.05, 4.69) is 5.32 Å². The number of fused-ring (bicyclic) bond motifs is 1. The fourth-order valence-electron chi connectivity index (χ4n) is 3.30. The molecule has 2 amide bonds. The number of carbonyl (C=O) groups is 2. The summed E-state index contributed by atoms with van der Waals surface area (Å²) in [5, 5.41) is 13.2. The van der Waals surface area contributed by atoms with E-state index >= 15 is 0 Å². The molecule has 0 aromatic heterocycles. The number of hydrogen-bond donors (Lipinski definition) is 2. The first-order valence-corrected chi connectivity index (χ1v) is 7.26. The number of aliphatic hydroxyl groups is 1. The number of nitrogens with zero attached hydrogens (tertiary/aromatic N) is 1. The summed E-state index contributed by atoms with van der Waals surface area (Å²) in [5.41, 5.74) is -0.535. The first kappa shape index (κ1) is 14.3. The molecule has 108 valence electrons. The smallest absolute Gasteiger partial charge is 0.224 e. The van der Waals surface area contributed by atoms with Gasteiger partial charge in [-0.15, -0.1) is 0 Å². The van der Waals surface area contributed by atoms with Crippen molar-refractivity contribution in [3.05, 3.63) is 0 Å². The number of hydrogen-bond acceptors (Lipinski definition) is 3. The van der Waals surface area contributed by atoms with Gasteiger partial charge in [0.2, 0.25) is 11.8 Å². The van der Waals surface area contributed by atoms with Crippen LogP contribution in [0, 0.1) is 5.92 Å². The lowest BCUT2D eigenvalue weighted by molar-refractivity contribution is -0.143. The van der Waals surface area contributed by atoms with E-state index in [0.717, 1.165) is 25.7 Å². The molecule has 0 aromatic rings. The lowest BCUT2D eigenvalue weighted by atomic mass is 9.71. The van der Waals surface area contributed by atoms with Crippen LogP contribution in [-0.4, -0.2) is 47.1 Å². The summed E-state index contributed by atoms with van der Waals surface area (Å²) in [6.07, 6.45) is 5.20. The molecule has 2 atom stereocenters. The first-order chi connectivity index (χ1) is 9.01. The average Bonchev–Trinajstić information content (AvgIpc) is 2.37. The molecule has 0 spiro atoms. The van der Waals surface area contributed by atoms with Gasteiger partial charge in [-0.3, -0.25) is 9.59 Å². The predicted molar refractivity (Wildman–Crippen MR) is 71.4 cm³/mol. The highest BCUT2D eigenvalue weighted by molar-refractivity contribution is 5.78. The Labute approximate surface area is 114 Å². The fourth-order valence-corrected chi connectivity index (χ4v) is 3.30. The van der Waals surface area contributed by atoms with Crippen LogP contribution in [0.15, 0.2) is 0 Å². The van der Waals surface area contributed by atoms with Gasteiger partial charge in [0.05, 0.1) is 5.60 Å². The minimum atomic E-state index is -0.535. The number of amides is 2. The minimum Gasteiger partial charge on any atom is -0.389 e. The molecule has 2 unspecified atom stereocenters. The second-order valence-corrected chi connectivity index (χ2v) is 5.87. The summed E-state index contributed by atoms with van der Waals surface area (Å²) in [6.45, 7) is 3.18. The van der Waals surface area contributed by atoms with Crippen LogP contribution < -0.4 is 5.32 Å². The fraction of sp³-hybridized carbons (Fsp3) is 0.857. The van der Waals surface area contributed by atoms with E-state index < -0.39 is 5.60 Å². The third-order valence-corrected chi connectivity index (χ3v) is 4.49. The zero-order valence-corrected chi connectivity index (χ0v) is 11.7. The van der Waals surface area contributed by atoms with Crippen LogP contribution in [0.25, 0.3) is 0 Å². The lowest BCUT2D eigenvalue weighted by Gasteiger charge is -2.47. The number of nitrogens with one attached hydrogen (secondary N) is 1. The van der Waals surface area contributed by atoms with Crippen molar-refractivity contribution in [3.8, 4) is 0 Å². The molecule has 0 radical (unpaired) electrons. The van der Waals surface area contributed by atoms with Crippen molar-refractivity contribution in [2.75, 3.05) is 19.6 Å². The Hall–Kier alpha value is -1.10. The van der Waals surface area contributed by atoms with Crippen LogP contribution in [-0.2, 0) is 9.59 Å². The average molecular weight is 268 g/mol. The molecule has 2 aliphatic rings. The van der Waals surface area contributed by atoms with Gasteiger partial charge in [0.1, 0.15) is 0 Å². The molecule has 2 fully saturated rings. The number of rotatable bonds is 3. The van der Waals surface area contributed by atoms with Gasteiger partial charge in [0.15, 0.2) is 0 Å². The molecular formula is C14H24N2O3. The third-order valence-electron chi connectivity index (χ3n) is 4.49. The molecule has 5 nitrogen and oxygen atoms in total. The Morgan fingerprint density at radius 1 is 1.37 bits per heavy atom. The van der Waals surface area contributed by atoms with Gasteiger partial charge < -0.3 is 15.3 Å². The summed E-state index contributed by atoms with van der Waals surface area (Å²) >= 11 is 0. The molecule has 0 aromatic carbocycles. The third kappa shape index (κ3) is 3.47. The van der Waals surface area contributed by atoms with Crippen molar-refractivity contribution in [2.24, 2.45) is 5.92 Å². The molecule has 1 heterocycles. The van der Waals surface area contributed by atoms with Crippen LogP contribution in [0.3, 0.4) is 0 Å². The van der Waals surface area contributed by atoms with Gasteiger partial charge in [-0.25, -0.2) is 0 Å². The highest BCUT2D eigenvalue weighted by Gasteiger charge is 2.43. The minimum absolute atomic E-state index is 0.0846. The monoisotopic (exact) mass is 268 g/mol. The second kappa shape index (κ2) is 5.90. The zero-order chi connectivity index (χ0) is 13.9. The number of piperidine rings is 1. The maximum atomic E-state index is 12.1. The SMILES string of the molecule is CC(=O)NCCC(=O)N1CCC2(O)CCCCC2C1. The van der Waals surface area contributed by atoms with Gasteiger partial charge in [-0.1, -0.05) is 12.8 Å². The van der Waals surface area contributed by atoms with Crippen molar-refractivity contribution in [1.29, 1.82) is 0 Å². The van der Waals surface area contributed by atoms with Gasteiger partial charge in [0.25, 0.3) is 0 Å². The molecule has 2 N–H and O–H groups in total. The summed E-state index contributed by atoms with van der Waals surface area (Å²) in [5.74, 6) is 0.217. The summed E-state index contributed by atoms with van der Waals surface area (Å²) < 4.78 is 0. The van der Waals surface area contributed by atoms with Crippen molar-refractivity contribution in [1.82, 2.24) is 10.2 Å². The van der Waals surface area contributed by atoms with Gasteiger partial charge in [-0.2, -0.15) is 0 Å². The number of likely N-dealkylation sites (tertiary alicyclic amines) is 1. The maximum absolute atomic E-state index is 12.1. The Morgan fingerprint density at radius 2 is 2.16 bits per heavy atom. The molecular weight excluding hydrogens is 244 g/mol. The van der Waals surface area contributed by atoms with Crippen molar-refractivity contribution < 1.29 is 14.7 Å². The van der Waals surface area contributed by atoms with Crippen LogP contribution in [0.2, 0.25) is 0 Å². The molecule has 2 rings (SSSR count). The molecule has 1 aliphatic heterocycles. The summed E-state index contributed by atoms with van der Waals surface area (Å²) in [4.78, 5) is 24.7. The molecule has 1 saturated carbocycles. The van der Waals surface area contributed by atoms with Crippen LogP contribution in [0.5, 0.6) is 0 Å². The van der Waals surface area contributed by atoms with Gasteiger partial charge >= 0.3 is 0 Å². The largest absolute Gasteiger partial charge is 0.389 e.